The van der Waals surface area contributed by atoms with Crippen LogP contribution in [0.5, 0.6) is 0 Å². The summed E-state index contributed by atoms with van der Waals surface area (Å²) >= 11 is 0. The summed E-state index contributed by atoms with van der Waals surface area (Å²) in [5, 5.41) is 9.01. The minimum atomic E-state index is -0.892. The first-order valence-electron chi connectivity index (χ1n) is 6.75. The fraction of sp³-hybridized carbons (Fsp3) is 0.692. The summed E-state index contributed by atoms with van der Waals surface area (Å²) in [6.07, 6.45) is 0.827. The SMILES string of the molecule is CCCN(CC(=O)O)c1nc(C(C)C)nc(N(C)C)n1. The Labute approximate surface area is 119 Å². The molecule has 20 heavy (non-hydrogen) atoms. The lowest BCUT2D eigenvalue weighted by Gasteiger charge is -2.22. The summed E-state index contributed by atoms with van der Waals surface area (Å²) in [4.78, 5) is 27.6. The Balaban J connectivity index is 3.21. The molecule has 0 aliphatic heterocycles. The van der Waals surface area contributed by atoms with Crippen molar-refractivity contribution in [2.75, 3.05) is 37.0 Å². The van der Waals surface area contributed by atoms with E-state index in [1.165, 1.54) is 0 Å². The average Bonchev–Trinajstić information content (AvgIpc) is 2.37. The summed E-state index contributed by atoms with van der Waals surface area (Å²) in [7, 11) is 3.70. The van der Waals surface area contributed by atoms with Gasteiger partial charge in [-0.1, -0.05) is 20.8 Å². The van der Waals surface area contributed by atoms with E-state index < -0.39 is 5.97 Å². The molecule has 0 unspecified atom stereocenters. The maximum atomic E-state index is 11.0. The molecule has 0 fully saturated rings. The van der Waals surface area contributed by atoms with Crippen LogP contribution in [0.15, 0.2) is 0 Å². The molecular weight excluding hydrogens is 258 g/mol. The Kier molecular flexibility index (Phi) is 5.66. The van der Waals surface area contributed by atoms with Crippen LogP contribution in [-0.2, 0) is 4.79 Å². The van der Waals surface area contributed by atoms with E-state index in [-0.39, 0.29) is 12.5 Å². The highest BCUT2D eigenvalue weighted by molar-refractivity contribution is 5.72. The maximum absolute atomic E-state index is 11.0. The molecule has 0 amide bonds. The first kappa shape index (κ1) is 16.1. The first-order chi connectivity index (χ1) is 9.35. The monoisotopic (exact) mass is 281 g/mol. The van der Waals surface area contributed by atoms with Crippen LogP contribution in [0.3, 0.4) is 0 Å². The van der Waals surface area contributed by atoms with Gasteiger partial charge in [-0.05, 0) is 6.42 Å². The number of carbonyl (C=O) groups is 1. The third kappa shape index (κ3) is 4.32. The second-order valence-corrected chi connectivity index (χ2v) is 5.16. The van der Waals surface area contributed by atoms with Crippen molar-refractivity contribution < 1.29 is 9.90 Å². The first-order valence-corrected chi connectivity index (χ1v) is 6.75. The summed E-state index contributed by atoms with van der Waals surface area (Å²) in [6.45, 7) is 6.48. The molecular formula is C13H23N5O2. The van der Waals surface area contributed by atoms with E-state index in [4.69, 9.17) is 5.11 Å². The Morgan fingerprint density at radius 1 is 1.20 bits per heavy atom. The Hall–Kier alpha value is -1.92. The van der Waals surface area contributed by atoms with E-state index in [1.54, 1.807) is 9.80 Å². The topological polar surface area (TPSA) is 82.5 Å². The molecule has 0 aliphatic rings. The summed E-state index contributed by atoms with van der Waals surface area (Å²) in [5.74, 6) is 0.909. The minimum Gasteiger partial charge on any atom is -0.480 e. The molecule has 0 radical (unpaired) electrons. The largest absolute Gasteiger partial charge is 0.480 e. The van der Waals surface area contributed by atoms with Gasteiger partial charge in [0.2, 0.25) is 11.9 Å². The molecule has 0 aliphatic carbocycles. The lowest BCUT2D eigenvalue weighted by atomic mass is 10.2. The van der Waals surface area contributed by atoms with Gasteiger partial charge in [-0.15, -0.1) is 0 Å². The molecule has 112 valence electrons. The lowest BCUT2D eigenvalue weighted by molar-refractivity contribution is -0.135. The van der Waals surface area contributed by atoms with Crippen molar-refractivity contribution in [3.8, 4) is 0 Å². The van der Waals surface area contributed by atoms with Gasteiger partial charge in [0.15, 0.2) is 0 Å². The van der Waals surface area contributed by atoms with Crippen LogP contribution in [0.1, 0.15) is 38.9 Å². The van der Waals surface area contributed by atoms with Crippen LogP contribution in [0.25, 0.3) is 0 Å². The third-order valence-electron chi connectivity index (χ3n) is 2.65. The number of carboxylic acids is 1. The molecule has 0 spiro atoms. The molecule has 7 nitrogen and oxygen atoms in total. The van der Waals surface area contributed by atoms with Crippen LogP contribution < -0.4 is 9.80 Å². The molecule has 1 heterocycles. The number of rotatable bonds is 7. The van der Waals surface area contributed by atoms with E-state index in [0.29, 0.717) is 24.3 Å². The lowest BCUT2D eigenvalue weighted by Crippen LogP contribution is -2.33. The Bertz CT molecular complexity index is 436. The van der Waals surface area contributed by atoms with Gasteiger partial charge in [0.25, 0.3) is 0 Å². The standard InChI is InChI=1S/C13H23N5O2/c1-6-7-18(8-10(19)20)13-15-11(9(2)3)14-12(16-13)17(4)5/h9H,6-8H2,1-5H3,(H,19,20). The number of hydrogen-bond acceptors (Lipinski definition) is 6. The Morgan fingerprint density at radius 3 is 2.25 bits per heavy atom. The molecule has 7 heteroatoms. The van der Waals surface area contributed by atoms with Gasteiger partial charge in [0, 0.05) is 26.6 Å². The van der Waals surface area contributed by atoms with E-state index in [9.17, 15) is 4.79 Å². The fourth-order valence-electron chi connectivity index (χ4n) is 1.65. The third-order valence-corrected chi connectivity index (χ3v) is 2.65. The van der Waals surface area contributed by atoms with Gasteiger partial charge >= 0.3 is 5.97 Å². The van der Waals surface area contributed by atoms with Crippen molar-refractivity contribution in [1.82, 2.24) is 15.0 Å². The zero-order chi connectivity index (χ0) is 15.3. The second-order valence-electron chi connectivity index (χ2n) is 5.16. The summed E-state index contributed by atoms with van der Waals surface area (Å²) < 4.78 is 0. The van der Waals surface area contributed by atoms with Gasteiger partial charge in [0.05, 0.1) is 0 Å². The number of hydrogen-bond donors (Lipinski definition) is 1. The van der Waals surface area contributed by atoms with Gasteiger partial charge in [-0.2, -0.15) is 15.0 Å². The van der Waals surface area contributed by atoms with E-state index in [2.05, 4.69) is 15.0 Å². The second kappa shape index (κ2) is 7.02. The van der Waals surface area contributed by atoms with Crippen LogP contribution in [-0.4, -0.2) is 53.2 Å². The molecule has 1 rings (SSSR count). The molecule has 1 aromatic rings. The predicted octanol–water partition coefficient (Wildman–Crippen LogP) is 1.36. The zero-order valence-electron chi connectivity index (χ0n) is 12.8. The van der Waals surface area contributed by atoms with E-state index in [1.807, 2.05) is 34.9 Å². The van der Waals surface area contributed by atoms with Crippen molar-refractivity contribution in [3.63, 3.8) is 0 Å². The maximum Gasteiger partial charge on any atom is 0.323 e. The highest BCUT2D eigenvalue weighted by Crippen LogP contribution is 2.17. The number of carboxylic acid groups (broad SMARTS) is 1. The average molecular weight is 281 g/mol. The van der Waals surface area contributed by atoms with E-state index in [0.717, 1.165) is 6.42 Å². The summed E-state index contributed by atoms with van der Waals surface area (Å²) in [6, 6.07) is 0. The quantitative estimate of drug-likeness (QED) is 0.808. The highest BCUT2D eigenvalue weighted by Gasteiger charge is 2.17. The molecule has 0 saturated heterocycles. The fourth-order valence-corrected chi connectivity index (χ4v) is 1.65. The van der Waals surface area contributed by atoms with Crippen molar-refractivity contribution >= 4 is 17.9 Å². The van der Waals surface area contributed by atoms with Crippen LogP contribution >= 0.6 is 0 Å². The van der Waals surface area contributed by atoms with Crippen molar-refractivity contribution in [2.24, 2.45) is 0 Å². The van der Waals surface area contributed by atoms with Crippen LogP contribution in [0.2, 0.25) is 0 Å². The smallest absolute Gasteiger partial charge is 0.323 e. The summed E-state index contributed by atoms with van der Waals surface area (Å²) in [5.41, 5.74) is 0. The molecule has 0 aromatic carbocycles. The number of nitrogens with zero attached hydrogens (tertiary/aromatic N) is 5. The molecule has 1 N–H and O–H groups in total. The minimum absolute atomic E-state index is 0.109. The van der Waals surface area contributed by atoms with Crippen molar-refractivity contribution in [3.05, 3.63) is 5.82 Å². The number of aliphatic carboxylic acids is 1. The zero-order valence-corrected chi connectivity index (χ0v) is 12.8. The number of aromatic nitrogens is 3. The van der Waals surface area contributed by atoms with E-state index >= 15 is 0 Å². The Morgan fingerprint density at radius 2 is 1.80 bits per heavy atom. The van der Waals surface area contributed by atoms with Crippen LogP contribution in [0.4, 0.5) is 11.9 Å². The van der Waals surface area contributed by atoms with Gasteiger partial charge < -0.3 is 14.9 Å². The molecule has 0 atom stereocenters. The molecule has 1 aromatic heterocycles. The molecule has 0 saturated carbocycles. The van der Waals surface area contributed by atoms with Gasteiger partial charge in [-0.3, -0.25) is 4.79 Å². The number of anilines is 2. The van der Waals surface area contributed by atoms with Gasteiger partial charge in [0.1, 0.15) is 12.4 Å². The van der Waals surface area contributed by atoms with Gasteiger partial charge in [-0.25, -0.2) is 0 Å². The predicted molar refractivity (Wildman–Crippen MR) is 78.4 cm³/mol. The van der Waals surface area contributed by atoms with Crippen molar-refractivity contribution in [2.45, 2.75) is 33.1 Å². The normalized spacial score (nSPS) is 10.7. The molecule has 0 bridgehead atoms. The van der Waals surface area contributed by atoms with Crippen molar-refractivity contribution in [1.29, 1.82) is 0 Å². The highest BCUT2D eigenvalue weighted by atomic mass is 16.4. The van der Waals surface area contributed by atoms with Crippen LogP contribution in [0, 0.1) is 0 Å².